The van der Waals surface area contributed by atoms with Gasteiger partial charge in [-0.25, -0.2) is 8.78 Å². The highest BCUT2D eigenvalue weighted by Crippen LogP contribution is 2.34. The van der Waals surface area contributed by atoms with Gasteiger partial charge in [0.05, 0.1) is 15.4 Å². The second-order valence-corrected chi connectivity index (χ2v) is 5.96. The quantitative estimate of drug-likeness (QED) is 0.800. The maximum atomic E-state index is 13.7. The second kappa shape index (κ2) is 5.13. The molecule has 0 bridgehead atoms. The molecule has 0 aliphatic rings. The molecule has 0 saturated heterocycles. The highest BCUT2D eigenvalue weighted by Gasteiger charge is 2.19. The van der Waals surface area contributed by atoms with Crippen LogP contribution in [0.4, 0.5) is 8.78 Å². The molecule has 2 aromatic rings. The van der Waals surface area contributed by atoms with Crippen molar-refractivity contribution in [2.24, 2.45) is 5.73 Å². The van der Waals surface area contributed by atoms with Gasteiger partial charge in [-0.2, -0.15) is 0 Å². The molecule has 0 aliphatic carbocycles. The molecule has 96 valence electrons. The Kier molecular flexibility index (Phi) is 3.92. The van der Waals surface area contributed by atoms with Gasteiger partial charge in [0, 0.05) is 10.4 Å². The van der Waals surface area contributed by atoms with E-state index in [0.29, 0.717) is 9.21 Å². The van der Waals surface area contributed by atoms with Gasteiger partial charge in [0.2, 0.25) is 0 Å². The second-order valence-electron chi connectivity index (χ2n) is 3.87. The SMILES string of the molecule is Cc1cc(C(N)c2cc(F)c(Cl)cc2F)sc1Cl. The fourth-order valence-corrected chi connectivity index (χ4v) is 2.96. The van der Waals surface area contributed by atoms with Crippen LogP contribution in [0.15, 0.2) is 18.2 Å². The van der Waals surface area contributed by atoms with E-state index < -0.39 is 17.7 Å². The highest BCUT2D eigenvalue weighted by molar-refractivity contribution is 7.16. The maximum absolute atomic E-state index is 13.7. The maximum Gasteiger partial charge on any atom is 0.142 e. The molecule has 1 heterocycles. The molecular formula is C12H9Cl2F2NS. The molecule has 0 radical (unpaired) electrons. The van der Waals surface area contributed by atoms with Crippen LogP contribution in [-0.2, 0) is 0 Å². The molecule has 0 aliphatic heterocycles. The summed E-state index contributed by atoms with van der Waals surface area (Å²) < 4.78 is 27.7. The Labute approximate surface area is 117 Å². The number of aryl methyl sites for hydroxylation is 1. The Hall–Kier alpha value is -0.680. The summed E-state index contributed by atoms with van der Waals surface area (Å²) in [7, 11) is 0. The number of rotatable bonds is 2. The van der Waals surface area contributed by atoms with Crippen LogP contribution in [0.2, 0.25) is 9.36 Å². The minimum atomic E-state index is -0.757. The van der Waals surface area contributed by atoms with Gasteiger partial charge in [-0.1, -0.05) is 23.2 Å². The van der Waals surface area contributed by atoms with Crippen molar-refractivity contribution in [1.29, 1.82) is 0 Å². The smallest absolute Gasteiger partial charge is 0.142 e. The first-order valence-electron chi connectivity index (χ1n) is 5.06. The van der Waals surface area contributed by atoms with Crippen molar-refractivity contribution in [2.45, 2.75) is 13.0 Å². The third-order valence-corrected chi connectivity index (χ3v) is 4.49. The van der Waals surface area contributed by atoms with E-state index in [1.54, 1.807) is 6.07 Å². The number of thiophene rings is 1. The van der Waals surface area contributed by atoms with Crippen LogP contribution in [0.25, 0.3) is 0 Å². The average Bonchev–Trinajstić information content (AvgIpc) is 2.63. The molecule has 0 saturated carbocycles. The Balaban J connectivity index is 2.45. The minimum absolute atomic E-state index is 0.0646. The van der Waals surface area contributed by atoms with Crippen molar-refractivity contribution >= 4 is 34.5 Å². The lowest BCUT2D eigenvalue weighted by atomic mass is 10.0. The van der Waals surface area contributed by atoms with Crippen molar-refractivity contribution in [3.05, 3.63) is 55.2 Å². The predicted molar refractivity (Wildman–Crippen MR) is 71.5 cm³/mol. The highest BCUT2D eigenvalue weighted by atomic mass is 35.5. The molecule has 1 aromatic carbocycles. The lowest BCUT2D eigenvalue weighted by molar-refractivity contribution is 0.578. The number of nitrogens with two attached hydrogens (primary N) is 1. The summed E-state index contributed by atoms with van der Waals surface area (Å²) in [5.41, 5.74) is 6.85. The van der Waals surface area contributed by atoms with E-state index in [2.05, 4.69) is 0 Å². The van der Waals surface area contributed by atoms with Gasteiger partial charge in [-0.15, -0.1) is 11.3 Å². The molecule has 1 aromatic heterocycles. The van der Waals surface area contributed by atoms with Gasteiger partial charge in [-0.3, -0.25) is 0 Å². The first-order chi connectivity index (χ1) is 8.40. The van der Waals surface area contributed by atoms with E-state index >= 15 is 0 Å². The van der Waals surface area contributed by atoms with Crippen molar-refractivity contribution in [1.82, 2.24) is 0 Å². The van der Waals surface area contributed by atoms with Crippen molar-refractivity contribution in [2.75, 3.05) is 0 Å². The number of hydrogen-bond donors (Lipinski definition) is 1. The largest absolute Gasteiger partial charge is 0.320 e. The van der Waals surface area contributed by atoms with E-state index in [-0.39, 0.29) is 10.6 Å². The van der Waals surface area contributed by atoms with Gasteiger partial charge in [-0.05, 0) is 30.7 Å². The molecule has 0 amide bonds. The summed E-state index contributed by atoms with van der Waals surface area (Å²) in [6.07, 6.45) is 0. The molecule has 18 heavy (non-hydrogen) atoms. The summed E-state index contributed by atoms with van der Waals surface area (Å²) >= 11 is 12.7. The Morgan fingerprint density at radius 3 is 2.39 bits per heavy atom. The Morgan fingerprint density at radius 1 is 1.17 bits per heavy atom. The van der Waals surface area contributed by atoms with Crippen LogP contribution in [0.1, 0.15) is 22.0 Å². The van der Waals surface area contributed by atoms with E-state index in [4.69, 9.17) is 28.9 Å². The van der Waals surface area contributed by atoms with Crippen molar-refractivity contribution < 1.29 is 8.78 Å². The first kappa shape index (κ1) is 13.7. The minimum Gasteiger partial charge on any atom is -0.320 e. The molecule has 0 fully saturated rings. The van der Waals surface area contributed by atoms with Crippen LogP contribution in [0.5, 0.6) is 0 Å². The fourth-order valence-electron chi connectivity index (χ4n) is 1.57. The third-order valence-electron chi connectivity index (χ3n) is 2.56. The molecule has 0 spiro atoms. The normalized spacial score (nSPS) is 12.8. The topological polar surface area (TPSA) is 26.0 Å². The summed E-state index contributed by atoms with van der Waals surface area (Å²) in [6.45, 7) is 1.83. The molecule has 1 unspecified atom stereocenters. The van der Waals surface area contributed by atoms with Crippen molar-refractivity contribution in [3.8, 4) is 0 Å². The van der Waals surface area contributed by atoms with Crippen LogP contribution >= 0.6 is 34.5 Å². The summed E-state index contributed by atoms with van der Waals surface area (Å²) in [4.78, 5) is 0.679. The fraction of sp³-hybridized carbons (Fsp3) is 0.167. The van der Waals surface area contributed by atoms with Crippen LogP contribution in [0.3, 0.4) is 0 Å². The van der Waals surface area contributed by atoms with Crippen LogP contribution < -0.4 is 5.73 Å². The summed E-state index contributed by atoms with van der Waals surface area (Å²) in [5.74, 6) is -1.32. The Morgan fingerprint density at radius 2 is 1.83 bits per heavy atom. The molecule has 2 N–H and O–H groups in total. The average molecular weight is 308 g/mol. The molecular weight excluding hydrogens is 299 g/mol. The Bertz CT molecular complexity index is 579. The van der Waals surface area contributed by atoms with E-state index in [0.717, 1.165) is 17.7 Å². The van der Waals surface area contributed by atoms with E-state index in [1.165, 1.54) is 11.3 Å². The lowest BCUT2D eigenvalue weighted by Crippen LogP contribution is -2.12. The number of hydrogen-bond acceptors (Lipinski definition) is 2. The molecule has 1 atom stereocenters. The van der Waals surface area contributed by atoms with Crippen molar-refractivity contribution in [3.63, 3.8) is 0 Å². The van der Waals surface area contributed by atoms with E-state index in [9.17, 15) is 8.78 Å². The zero-order valence-electron chi connectivity index (χ0n) is 9.31. The predicted octanol–water partition coefficient (Wildman–Crippen LogP) is 4.69. The zero-order chi connectivity index (χ0) is 13.4. The van der Waals surface area contributed by atoms with Crippen LogP contribution in [0, 0.1) is 18.6 Å². The summed E-state index contributed by atoms with van der Waals surface area (Å²) in [6, 6.07) is 2.95. The third kappa shape index (κ3) is 2.52. The molecule has 2 rings (SSSR count). The van der Waals surface area contributed by atoms with Gasteiger partial charge >= 0.3 is 0 Å². The number of halogens is 4. The van der Waals surface area contributed by atoms with Gasteiger partial charge < -0.3 is 5.73 Å². The zero-order valence-corrected chi connectivity index (χ0v) is 11.6. The first-order valence-corrected chi connectivity index (χ1v) is 6.63. The molecule has 6 heteroatoms. The standard InChI is InChI=1S/C12H9Cl2F2NS/c1-5-2-10(18-12(5)14)11(17)6-3-9(16)7(13)4-8(6)15/h2-4,11H,17H2,1H3. The van der Waals surface area contributed by atoms with Gasteiger partial charge in [0.1, 0.15) is 11.6 Å². The van der Waals surface area contributed by atoms with E-state index in [1.807, 2.05) is 6.92 Å². The van der Waals surface area contributed by atoms with Gasteiger partial charge in [0.25, 0.3) is 0 Å². The van der Waals surface area contributed by atoms with Gasteiger partial charge in [0.15, 0.2) is 0 Å². The monoisotopic (exact) mass is 307 g/mol. The molecule has 1 nitrogen and oxygen atoms in total. The lowest BCUT2D eigenvalue weighted by Gasteiger charge is -2.11. The number of benzene rings is 1. The summed E-state index contributed by atoms with van der Waals surface area (Å²) in [5, 5.41) is -0.260. The van der Waals surface area contributed by atoms with Crippen LogP contribution in [-0.4, -0.2) is 0 Å².